The topological polar surface area (TPSA) is 55.5 Å². The summed E-state index contributed by atoms with van der Waals surface area (Å²) in [5, 5.41) is 4.96. The van der Waals surface area contributed by atoms with Crippen molar-refractivity contribution in [2.75, 3.05) is 13.7 Å². The Morgan fingerprint density at radius 1 is 0.821 bits per heavy atom. The van der Waals surface area contributed by atoms with Crippen LogP contribution < -0.4 is 19.5 Å². The molecule has 0 radical (unpaired) electrons. The minimum absolute atomic E-state index is 0.0553. The lowest BCUT2D eigenvalue weighted by Gasteiger charge is -2.26. The molecule has 1 atom stereocenters. The van der Waals surface area contributed by atoms with Gasteiger partial charge in [-0.05, 0) is 78.4 Å². The molecule has 5 aromatic rings. The van der Waals surface area contributed by atoms with E-state index >= 15 is 0 Å². The highest BCUT2D eigenvalue weighted by Gasteiger charge is 2.26. The Hall–Kier alpha value is -4.22. The van der Waals surface area contributed by atoms with Crippen LogP contribution in [0.1, 0.15) is 45.1 Å². The van der Waals surface area contributed by atoms with Gasteiger partial charge in [-0.1, -0.05) is 54.6 Å². The summed E-state index contributed by atoms with van der Waals surface area (Å²) >= 11 is 0. The van der Waals surface area contributed by atoms with E-state index in [0.717, 1.165) is 58.0 Å². The van der Waals surface area contributed by atoms with E-state index in [4.69, 9.17) is 14.2 Å². The molecule has 5 nitrogen and oxygen atoms in total. The Kier molecular flexibility index (Phi) is 6.99. The molecule has 2 heterocycles. The Labute approximate surface area is 229 Å². The summed E-state index contributed by atoms with van der Waals surface area (Å²) in [5.41, 5.74) is 9.33. The van der Waals surface area contributed by atoms with Gasteiger partial charge in [0, 0.05) is 28.7 Å². The first-order valence-electron chi connectivity index (χ1n) is 13.5. The molecule has 39 heavy (non-hydrogen) atoms. The van der Waals surface area contributed by atoms with Crippen molar-refractivity contribution in [3.05, 3.63) is 124 Å². The van der Waals surface area contributed by atoms with Gasteiger partial charge in [-0.25, -0.2) is 0 Å². The third kappa shape index (κ3) is 5.10. The number of rotatable bonds is 8. The van der Waals surface area contributed by atoms with Crippen LogP contribution in [-0.4, -0.2) is 18.6 Å². The number of ether oxygens (including phenoxy) is 3. The minimum Gasteiger partial charge on any atom is -0.496 e. The Balaban J connectivity index is 1.28. The van der Waals surface area contributed by atoms with Crippen molar-refractivity contribution >= 4 is 10.9 Å². The molecule has 5 heteroatoms. The average molecular weight is 519 g/mol. The maximum Gasteiger partial charge on any atom is 0.125 e. The van der Waals surface area contributed by atoms with E-state index < -0.39 is 0 Å². The number of para-hydroxylation sites is 1. The molecule has 0 saturated carbocycles. The predicted octanol–water partition coefficient (Wildman–Crippen LogP) is 7.19. The molecule has 1 unspecified atom stereocenters. The van der Waals surface area contributed by atoms with Gasteiger partial charge in [-0.15, -0.1) is 0 Å². The number of H-pyrrole nitrogens is 1. The van der Waals surface area contributed by atoms with Crippen molar-refractivity contribution in [3.63, 3.8) is 0 Å². The summed E-state index contributed by atoms with van der Waals surface area (Å²) in [7, 11) is 1.71. The number of benzene rings is 4. The van der Waals surface area contributed by atoms with E-state index in [1.807, 2.05) is 30.3 Å². The summed E-state index contributed by atoms with van der Waals surface area (Å²) in [6, 6.07) is 29.3. The molecule has 0 aliphatic carbocycles. The maximum absolute atomic E-state index is 6.30. The zero-order valence-corrected chi connectivity index (χ0v) is 22.7. The quantitative estimate of drug-likeness (QED) is 0.228. The Morgan fingerprint density at radius 3 is 2.44 bits per heavy atom. The molecule has 198 valence electrons. The second-order valence-electron chi connectivity index (χ2n) is 10.2. The third-order valence-corrected chi connectivity index (χ3v) is 7.59. The van der Waals surface area contributed by atoms with Crippen molar-refractivity contribution in [1.82, 2.24) is 10.3 Å². The van der Waals surface area contributed by atoms with E-state index in [1.54, 1.807) is 7.11 Å². The van der Waals surface area contributed by atoms with Gasteiger partial charge in [-0.2, -0.15) is 0 Å². The van der Waals surface area contributed by atoms with Crippen LogP contribution in [0.5, 0.6) is 17.2 Å². The lowest BCUT2D eigenvalue weighted by Crippen LogP contribution is -2.30. The fourth-order valence-electron chi connectivity index (χ4n) is 5.59. The summed E-state index contributed by atoms with van der Waals surface area (Å²) in [6.45, 7) is 6.06. The molecule has 0 bridgehead atoms. The van der Waals surface area contributed by atoms with E-state index in [-0.39, 0.29) is 6.04 Å². The number of methoxy groups -OCH3 is 1. The van der Waals surface area contributed by atoms with Crippen molar-refractivity contribution in [3.8, 4) is 17.2 Å². The van der Waals surface area contributed by atoms with Gasteiger partial charge in [-0.3, -0.25) is 0 Å². The van der Waals surface area contributed by atoms with Crippen LogP contribution in [0.3, 0.4) is 0 Å². The van der Waals surface area contributed by atoms with Gasteiger partial charge in [0.15, 0.2) is 0 Å². The van der Waals surface area contributed by atoms with E-state index in [2.05, 4.69) is 78.7 Å². The van der Waals surface area contributed by atoms with Crippen LogP contribution in [0, 0.1) is 13.8 Å². The molecular formula is C34H34N2O3. The van der Waals surface area contributed by atoms with Crippen molar-refractivity contribution in [2.45, 2.75) is 39.5 Å². The summed E-state index contributed by atoms with van der Waals surface area (Å²) in [6.07, 6.45) is 0.965. The average Bonchev–Trinajstić information content (AvgIpc) is 3.34. The highest BCUT2D eigenvalue weighted by molar-refractivity contribution is 5.86. The molecule has 0 spiro atoms. The van der Waals surface area contributed by atoms with Crippen LogP contribution in [0.2, 0.25) is 0 Å². The molecule has 1 aliphatic heterocycles. The number of fused-ring (bicyclic) bond motifs is 3. The lowest BCUT2D eigenvalue weighted by molar-refractivity contribution is 0.292. The molecule has 2 N–H and O–H groups in total. The molecule has 1 aromatic heterocycles. The van der Waals surface area contributed by atoms with Crippen LogP contribution in [0.4, 0.5) is 0 Å². The molecule has 6 rings (SSSR count). The first-order valence-corrected chi connectivity index (χ1v) is 13.5. The van der Waals surface area contributed by atoms with E-state index in [1.165, 1.54) is 22.2 Å². The van der Waals surface area contributed by atoms with Gasteiger partial charge in [0.1, 0.15) is 30.5 Å². The highest BCUT2D eigenvalue weighted by Crippen LogP contribution is 2.37. The lowest BCUT2D eigenvalue weighted by atomic mass is 9.93. The third-order valence-electron chi connectivity index (χ3n) is 7.59. The molecule has 1 aliphatic rings. The van der Waals surface area contributed by atoms with Gasteiger partial charge in [0.25, 0.3) is 0 Å². The first kappa shape index (κ1) is 25.1. The number of hydrogen-bond donors (Lipinski definition) is 2. The van der Waals surface area contributed by atoms with Crippen molar-refractivity contribution in [1.29, 1.82) is 0 Å². The van der Waals surface area contributed by atoms with Crippen LogP contribution >= 0.6 is 0 Å². The molecule has 0 fully saturated rings. The molecule has 4 aromatic carbocycles. The standard InChI is InChI=1S/C34H34N2O3/c1-22-8-7-9-23(2)34(22)39-21-26-18-25(12-15-31(26)37-3)32-33-28(16-17-35-32)29-19-27(13-14-30(29)36-33)38-20-24-10-5-4-6-11-24/h4-15,18-19,32,35-36H,16-17,20-21H2,1-3H3. The Bertz CT molecular complexity index is 1590. The van der Waals surface area contributed by atoms with Crippen molar-refractivity contribution < 1.29 is 14.2 Å². The Morgan fingerprint density at radius 2 is 1.64 bits per heavy atom. The number of aryl methyl sites for hydroxylation is 2. The fourth-order valence-corrected chi connectivity index (χ4v) is 5.59. The molecule has 0 amide bonds. The molecular weight excluding hydrogens is 484 g/mol. The monoisotopic (exact) mass is 518 g/mol. The zero-order chi connectivity index (χ0) is 26.8. The number of nitrogens with one attached hydrogen (secondary N) is 2. The van der Waals surface area contributed by atoms with E-state index in [0.29, 0.717) is 13.2 Å². The summed E-state index contributed by atoms with van der Waals surface area (Å²) in [5.74, 6) is 2.65. The number of aromatic nitrogens is 1. The van der Waals surface area contributed by atoms with Gasteiger partial charge in [0.2, 0.25) is 0 Å². The van der Waals surface area contributed by atoms with Crippen LogP contribution in [-0.2, 0) is 19.6 Å². The predicted molar refractivity (Wildman–Crippen MR) is 156 cm³/mol. The van der Waals surface area contributed by atoms with E-state index in [9.17, 15) is 0 Å². The first-order chi connectivity index (χ1) is 19.1. The smallest absolute Gasteiger partial charge is 0.125 e. The highest BCUT2D eigenvalue weighted by atomic mass is 16.5. The summed E-state index contributed by atoms with van der Waals surface area (Å²) in [4.78, 5) is 3.71. The fraction of sp³-hybridized carbons (Fsp3) is 0.235. The van der Waals surface area contributed by atoms with Gasteiger partial charge < -0.3 is 24.5 Å². The second kappa shape index (κ2) is 10.9. The molecule has 0 saturated heterocycles. The number of hydrogen-bond acceptors (Lipinski definition) is 4. The minimum atomic E-state index is 0.0553. The largest absolute Gasteiger partial charge is 0.496 e. The normalized spacial score (nSPS) is 14.7. The summed E-state index contributed by atoms with van der Waals surface area (Å²) < 4.78 is 18.1. The number of aromatic amines is 1. The SMILES string of the molecule is COc1ccc(C2NCCc3c2[nH]c2ccc(OCc4ccccc4)cc32)cc1COc1c(C)cccc1C. The van der Waals surface area contributed by atoms with Crippen molar-refractivity contribution in [2.24, 2.45) is 0 Å². The van der Waals surface area contributed by atoms with Gasteiger partial charge >= 0.3 is 0 Å². The maximum atomic E-state index is 6.30. The zero-order valence-electron chi connectivity index (χ0n) is 22.7. The van der Waals surface area contributed by atoms with Crippen LogP contribution in [0.25, 0.3) is 10.9 Å². The second-order valence-corrected chi connectivity index (χ2v) is 10.2. The van der Waals surface area contributed by atoms with Crippen LogP contribution in [0.15, 0.2) is 84.9 Å². The van der Waals surface area contributed by atoms with Gasteiger partial charge in [0.05, 0.1) is 13.2 Å².